The fraction of sp³-hybridized carbons (Fsp3) is 0.267. The average molecular weight is 212 g/mol. The van der Waals surface area contributed by atoms with Crippen molar-refractivity contribution in [1.29, 1.82) is 0 Å². The molecule has 0 spiro atoms. The van der Waals surface area contributed by atoms with Gasteiger partial charge in [0.25, 0.3) is 0 Å². The molecule has 0 unspecified atom stereocenters. The molecule has 0 heterocycles. The Kier molecular flexibility index (Phi) is 3.71. The van der Waals surface area contributed by atoms with Gasteiger partial charge in [0.1, 0.15) is 6.29 Å². The Morgan fingerprint density at radius 1 is 0.938 bits per heavy atom. The molecule has 2 aromatic carbocycles. The van der Waals surface area contributed by atoms with E-state index in [0.717, 1.165) is 25.5 Å². The summed E-state index contributed by atoms with van der Waals surface area (Å²) in [6.45, 7) is 0. The SMILES string of the molecule is O=CCCCCc1cccc2ccccc12. The third kappa shape index (κ3) is 2.48. The lowest BCUT2D eigenvalue weighted by Gasteiger charge is -2.05. The van der Waals surface area contributed by atoms with Gasteiger partial charge in [0.15, 0.2) is 0 Å². The van der Waals surface area contributed by atoms with Gasteiger partial charge in [-0.05, 0) is 35.6 Å². The van der Waals surface area contributed by atoms with E-state index in [2.05, 4.69) is 42.5 Å². The Labute approximate surface area is 96.1 Å². The Morgan fingerprint density at radius 3 is 2.62 bits per heavy atom. The number of carbonyl (C=O) groups is 1. The molecule has 0 amide bonds. The molecule has 0 atom stereocenters. The molecule has 0 aliphatic rings. The summed E-state index contributed by atoms with van der Waals surface area (Å²) in [5, 5.41) is 2.64. The van der Waals surface area contributed by atoms with Gasteiger partial charge >= 0.3 is 0 Å². The van der Waals surface area contributed by atoms with Crippen LogP contribution in [0.3, 0.4) is 0 Å². The van der Waals surface area contributed by atoms with E-state index in [9.17, 15) is 4.79 Å². The van der Waals surface area contributed by atoms with Crippen LogP contribution in [0.2, 0.25) is 0 Å². The van der Waals surface area contributed by atoms with Gasteiger partial charge in [0, 0.05) is 6.42 Å². The average Bonchev–Trinajstić information content (AvgIpc) is 2.35. The van der Waals surface area contributed by atoms with Crippen molar-refractivity contribution < 1.29 is 4.79 Å². The van der Waals surface area contributed by atoms with Crippen molar-refractivity contribution in [3.05, 3.63) is 48.0 Å². The maximum absolute atomic E-state index is 10.2. The summed E-state index contributed by atoms with van der Waals surface area (Å²) in [5.74, 6) is 0. The second-order valence-corrected chi connectivity index (χ2v) is 4.05. The van der Waals surface area contributed by atoms with Crippen LogP contribution >= 0.6 is 0 Å². The van der Waals surface area contributed by atoms with E-state index >= 15 is 0 Å². The lowest BCUT2D eigenvalue weighted by Crippen LogP contribution is -1.88. The van der Waals surface area contributed by atoms with Crippen molar-refractivity contribution in [3.63, 3.8) is 0 Å². The van der Waals surface area contributed by atoms with Crippen LogP contribution in [0.15, 0.2) is 42.5 Å². The standard InChI is InChI=1S/C15H16O/c16-12-5-1-2-7-13-9-6-10-14-8-3-4-11-15(13)14/h3-4,6,8-12H,1-2,5,7H2. The first kappa shape index (κ1) is 10.9. The molecular weight excluding hydrogens is 196 g/mol. The summed E-state index contributed by atoms with van der Waals surface area (Å²) in [6, 6.07) is 14.9. The molecule has 1 heteroatoms. The lowest BCUT2D eigenvalue weighted by molar-refractivity contribution is -0.107. The largest absolute Gasteiger partial charge is 0.303 e. The quantitative estimate of drug-likeness (QED) is 0.545. The molecule has 82 valence electrons. The van der Waals surface area contributed by atoms with Crippen molar-refractivity contribution in [2.24, 2.45) is 0 Å². The van der Waals surface area contributed by atoms with Crippen molar-refractivity contribution in [1.82, 2.24) is 0 Å². The fourth-order valence-corrected chi connectivity index (χ4v) is 2.05. The second-order valence-electron chi connectivity index (χ2n) is 4.05. The number of carbonyl (C=O) groups excluding carboxylic acids is 1. The molecule has 0 saturated carbocycles. The number of hydrogen-bond donors (Lipinski definition) is 0. The number of unbranched alkanes of at least 4 members (excludes halogenated alkanes) is 2. The fourth-order valence-electron chi connectivity index (χ4n) is 2.05. The van der Waals surface area contributed by atoms with E-state index in [-0.39, 0.29) is 0 Å². The van der Waals surface area contributed by atoms with Crippen molar-refractivity contribution in [3.8, 4) is 0 Å². The predicted octanol–water partition coefficient (Wildman–Crippen LogP) is 3.75. The molecule has 0 fully saturated rings. The highest BCUT2D eigenvalue weighted by atomic mass is 16.1. The van der Waals surface area contributed by atoms with E-state index in [1.165, 1.54) is 16.3 Å². The smallest absolute Gasteiger partial charge is 0.119 e. The molecule has 0 aromatic heterocycles. The summed E-state index contributed by atoms with van der Waals surface area (Å²) < 4.78 is 0. The Hall–Kier alpha value is -1.63. The van der Waals surface area contributed by atoms with Crippen LogP contribution < -0.4 is 0 Å². The Balaban J connectivity index is 2.14. The number of aryl methyl sites for hydroxylation is 1. The first-order chi connectivity index (χ1) is 7.92. The van der Waals surface area contributed by atoms with Crippen LogP contribution in [0, 0.1) is 0 Å². The number of rotatable bonds is 5. The third-order valence-corrected chi connectivity index (χ3v) is 2.90. The summed E-state index contributed by atoms with van der Waals surface area (Å²) in [6.07, 6.45) is 4.84. The maximum Gasteiger partial charge on any atom is 0.119 e. The zero-order valence-electron chi connectivity index (χ0n) is 9.36. The minimum absolute atomic E-state index is 0.685. The maximum atomic E-state index is 10.2. The Bertz CT molecular complexity index is 468. The molecule has 0 aliphatic carbocycles. The van der Waals surface area contributed by atoms with Crippen LogP contribution in [0.1, 0.15) is 24.8 Å². The summed E-state index contributed by atoms with van der Waals surface area (Å²) in [5.41, 5.74) is 1.39. The minimum atomic E-state index is 0.685. The molecule has 16 heavy (non-hydrogen) atoms. The van der Waals surface area contributed by atoms with Gasteiger partial charge in [-0.3, -0.25) is 0 Å². The first-order valence-electron chi connectivity index (χ1n) is 5.82. The van der Waals surface area contributed by atoms with Crippen LogP contribution in [-0.2, 0) is 11.2 Å². The normalized spacial score (nSPS) is 10.5. The topological polar surface area (TPSA) is 17.1 Å². The second kappa shape index (κ2) is 5.45. The van der Waals surface area contributed by atoms with E-state index in [4.69, 9.17) is 0 Å². The van der Waals surface area contributed by atoms with Crippen molar-refractivity contribution >= 4 is 17.1 Å². The molecule has 0 radical (unpaired) electrons. The Morgan fingerprint density at radius 2 is 1.75 bits per heavy atom. The summed E-state index contributed by atoms with van der Waals surface area (Å²) in [7, 11) is 0. The van der Waals surface area contributed by atoms with Crippen LogP contribution in [0.5, 0.6) is 0 Å². The van der Waals surface area contributed by atoms with Gasteiger partial charge in [-0.1, -0.05) is 42.5 Å². The molecule has 0 saturated heterocycles. The number of aldehydes is 1. The lowest BCUT2D eigenvalue weighted by atomic mass is 10.00. The number of benzene rings is 2. The van der Waals surface area contributed by atoms with Gasteiger partial charge < -0.3 is 4.79 Å². The van der Waals surface area contributed by atoms with Gasteiger partial charge in [-0.25, -0.2) is 0 Å². The zero-order valence-corrected chi connectivity index (χ0v) is 9.36. The van der Waals surface area contributed by atoms with Gasteiger partial charge in [0.2, 0.25) is 0 Å². The summed E-state index contributed by atoms with van der Waals surface area (Å²) >= 11 is 0. The highest BCUT2D eigenvalue weighted by Gasteiger charge is 1.99. The van der Waals surface area contributed by atoms with E-state index in [1.54, 1.807) is 0 Å². The molecule has 0 aliphatic heterocycles. The van der Waals surface area contributed by atoms with E-state index in [1.807, 2.05) is 0 Å². The zero-order chi connectivity index (χ0) is 11.2. The molecular formula is C15H16O. The molecule has 2 rings (SSSR count). The first-order valence-corrected chi connectivity index (χ1v) is 5.82. The molecule has 0 bridgehead atoms. The van der Waals surface area contributed by atoms with E-state index in [0.29, 0.717) is 6.42 Å². The highest BCUT2D eigenvalue weighted by molar-refractivity contribution is 5.85. The van der Waals surface area contributed by atoms with Crippen LogP contribution in [-0.4, -0.2) is 6.29 Å². The minimum Gasteiger partial charge on any atom is -0.303 e. The van der Waals surface area contributed by atoms with Gasteiger partial charge in [-0.2, -0.15) is 0 Å². The van der Waals surface area contributed by atoms with Crippen LogP contribution in [0.4, 0.5) is 0 Å². The predicted molar refractivity (Wildman–Crippen MR) is 67.6 cm³/mol. The third-order valence-electron chi connectivity index (χ3n) is 2.90. The monoisotopic (exact) mass is 212 g/mol. The molecule has 2 aromatic rings. The van der Waals surface area contributed by atoms with Gasteiger partial charge in [0.05, 0.1) is 0 Å². The number of fused-ring (bicyclic) bond motifs is 1. The van der Waals surface area contributed by atoms with Crippen molar-refractivity contribution in [2.75, 3.05) is 0 Å². The number of hydrogen-bond acceptors (Lipinski definition) is 1. The van der Waals surface area contributed by atoms with Crippen LogP contribution in [0.25, 0.3) is 10.8 Å². The molecule has 1 nitrogen and oxygen atoms in total. The molecule has 0 N–H and O–H groups in total. The highest BCUT2D eigenvalue weighted by Crippen LogP contribution is 2.20. The van der Waals surface area contributed by atoms with Gasteiger partial charge in [-0.15, -0.1) is 0 Å². The van der Waals surface area contributed by atoms with Crippen molar-refractivity contribution in [2.45, 2.75) is 25.7 Å². The summed E-state index contributed by atoms with van der Waals surface area (Å²) in [4.78, 5) is 10.2. The van der Waals surface area contributed by atoms with E-state index < -0.39 is 0 Å².